The maximum atomic E-state index is 12.9. The largest absolute Gasteiger partial charge is 0.378 e. The van der Waals surface area contributed by atoms with Gasteiger partial charge in [-0.05, 0) is 50.2 Å². The summed E-state index contributed by atoms with van der Waals surface area (Å²) in [5, 5.41) is 2.87. The predicted molar refractivity (Wildman–Crippen MR) is 111 cm³/mol. The third-order valence-corrected chi connectivity index (χ3v) is 4.65. The predicted octanol–water partition coefficient (Wildman–Crippen LogP) is 3.13. The molecule has 0 aliphatic rings. The molecule has 0 saturated carbocycles. The van der Waals surface area contributed by atoms with E-state index in [1.54, 1.807) is 21.6 Å². The van der Waals surface area contributed by atoms with Crippen LogP contribution in [0.1, 0.15) is 35.0 Å². The van der Waals surface area contributed by atoms with Gasteiger partial charge in [0, 0.05) is 44.8 Å². The molecule has 146 valence electrons. The van der Waals surface area contributed by atoms with E-state index in [1.807, 2.05) is 69.2 Å². The highest BCUT2D eigenvalue weighted by Gasteiger charge is 2.24. The summed E-state index contributed by atoms with van der Waals surface area (Å²) in [4.78, 5) is 33.8. The lowest BCUT2D eigenvalue weighted by Gasteiger charge is -2.17. The van der Waals surface area contributed by atoms with Gasteiger partial charge in [0.1, 0.15) is 0 Å². The highest BCUT2D eigenvalue weighted by Crippen LogP contribution is 2.19. The summed E-state index contributed by atoms with van der Waals surface area (Å²) in [5.74, 6) is -0.298. The molecule has 0 unspecified atom stereocenters. The number of benzene rings is 1. The minimum Gasteiger partial charge on any atom is -0.378 e. The summed E-state index contributed by atoms with van der Waals surface area (Å²) in [6.45, 7) is 5.00. The number of carbonyl (C=O) groups excluding carboxylic acids is 2. The molecule has 3 aromatic rings. The summed E-state index contributed by atoms with van der Waals surface area (Å²) in [5.41, 5.74) is 2.54. The van der Waals surface area contributed by atoms with Gasteiger partial charge in [-0.3, -0.25) is 14.0 Å². The van der Waals surface area contributed by atoms with Crippen molar-refractivity contribution in [1.29, 1.82) is 0 Å². The number of anilines is 2. The number of fused-ring (bicyclic) bond motifs is 1. The molecule has 0 saturated heterocycles. The molecule has 0 bridgehead atoms. The Morgan fingerprint density at radius 1 is 1.04 bits per heavy atom. The Balaban J connectivity index is 1.94. The minimum absolute atomic E-state index is 0.194. The Hall–Kier alpha value is -3.35. The zero-order chi connectivity index (χ0) is 20.3. The van der Waals surface area contributed by atoms with Crippen LogP contribution in [0, 0.1) is 0 Å². The van der Waals surface area contributed by atoms with E-state index in [-0.39, 0.29) is 23.3 Å². The number of imidazole rings is 1. The van der Waals surface area contributed by atoms with Crippen molar-refractivity contribution < 1.29 is 9.59 Å². The van der Waals surface area contributed by atoms with Gasteiger partial charge in [0.15, 0.2) is 5.69 Å². The highest BCUT2D eigenvalue weighted by atomic mass is 16.2. The van der Waals surface area contributed by atoms with E-state index in [0.717, 1.165) is 5.69 Å². The SMILES string of the molecule is CCN(CC)C(=O)c1nc(C(=O)Nc2ccc(N(C)C)cc2)c2ccccn12. The van der Waals surface area contributed by atoms with Gasteiger partial charge in [-0.25, -0.2) is 4.98 Å². The second-order valence-electron chi connectivity index (χ2n) is 6.61. The average Bonchev–Trinajstić information content (AvgIpc) is 3.09. The van der Waals surface area contributed by atoms with E-state index in [0.29, 0.717) is 24.3 Å². The summed E-state index contributed by atoms with van der Waals surface area (Å²) in [6, 6.07) is 13.0. The number of hydrogen-bond donors (Lipinski definition) is 1. The van der Waals surface area contributed by atoms with Crippen molar-refractivity contribution in [3.8, 4) is 0 Å². The Morgan fingerprint density at radius 2 is 1.71 bits per heavy atom. The molecule has 7 nitrogen and oxygen atoms in total. The molecule has 3 rings (SSSR count). The third kappa shape index (κ3) is 3.69. The minimum atomic E-state index is -0.347. The summed E-state index contributed by atoms with van der Waals surface area (Å²) >= 11 is 0. The zero-order valence-electron chi connectivity index (χ0n) is 16.6. The fourth-order valence-corrected chi connectivity index (χ4v) is 3.04. The van der Waals surface area contributed by atoms with Crippen LogP contribution >= 0.6 is 0 Å². The van der Waals surface area contributed by atoms with Gasteiger partial charge in [0.2, 0.25) is 5.82 Å². The quantitative estimate of drug-likeness (QED) is 0.714. The monoisotopic (exact) mass is 379 g/mol. The molecule has 0 fully saturated rings. The van der Waals surface area contributed by atoms with Crippen molar-refractivity contribution in [2.75, 3.05) is 37.4 Å². The van der Waals surface area contributed by atoms with Gasteiger partial charge < -0.3 is 15.1 Å². The lowest BCUT2D eigenvalue weighted by molar-refractivity contribution is 0.0760. The maximum absolute atomic E-state index is 12.9. The van der Waals surface area contributed by atoms with E-state index >= 15 is 0 Å². The van der Waals surface area contributed by atoms with Gasteiger partial charge in [-0.1, -0.05) is 6.07 Å². The fraction of sp³-hybridized carbons (Fsp3) is 0.286. The number of amides is 2. The summed E-state index contributed by atoms with van der Waals surface area (Å²) in [6.07, 6.45) is 1.75. The van der Waals surface area contributed by atoms with Crippen LogP contribution in [0.15, 0.2) is 48.7 Å². The van der Waals surface area contributed by atoms with Crippen LogP contribution in [0.3, 0.4) is 0 Å². The van der Waals surface area contributed by atoms with Gasteiger partial charge >= 0.3 is 0 Å². The standard InChI is InChI=1S/C21H25N5O2/c1-5-25(6-2)21(28)19-23-18(17-9-7-8-14-26(17)19)20(27)22-15-10-12-16(13-11-15)24(3)4/h7-14H,5-6H2,1-4H3,(H,22,27). The first-order chi connectivity index (χ1) is 13.5. The second-order valence-corrected chi connectivity index (χ2v) is 6.61. The zero-order valence-corrected chi connectivity index (χ0v) is 16.6. The van der Waals surface area contributed by atoms with Gasteiger partial charge in [-0.15, -0.1) is 0 Å². The van der Waals surface area contributed by atoms with Crippen LogP contribution in [0.4, 0.5) is 11.4 Å². The van der Waals surface area contributed by atoms with Crippen LogP contribution < -0.4 is 10.2 Å². The van der Waals surface area contributed by atoms with E-state index in [9.17, 15) is 9.59 Å². The molecule has 2 amide bonds. The van der Waals surface area contributed by atoms with Crippen molar-refractivity contribution in [3.63, 3.8) is 0 Å². The average molecular weight is 379 g/mol. The van der Waals surface area contributed by atoms with Crippen molar-refractivity contribution in [2.45, 2.75) is 13.8 Å². The van der Waals surface area contributed by atoms with E-state index < -0.39 is 0 Å². The number of rotatable bonds is 6. The topological polar surface area (TPSA) is 70.0 Å². The molecule has 0 atom stereocenters. The molecule has 1 aromatic carbocycles. The summed E-state index contributed by atoms with van der Waals surface area (Å²) in [7, 11) is 3.92. The molecule has 0 spiro atoms. The number of nitrogens with one attached hydrogen (secondary N) is 1. The fourth-order valence-electron chi connectivity index (χ4n) is 3.04. The summed E-state index contributed by atoms with van der Waals surface area (Å²) < 4.78 is 1.67. The molecule has 7 heteroatoms. The Morgan fingerprint density at radius 3 is 2.32 bits per heavy atom. The lowest BCUT2D eigenvalue weighted by Crippen LogP contribution is -2.32. The van der Waals surface area contributed by atoms with E-state index in [4.69, 9.17) is 0 Å². The molecule has 28 heavy (non-hydrogen) atoms. The Bertz CT molecular complexity index is 988. The van der Waals surface area contributed by atoms with Gasteiger partial charge in [0.25, 0.3) is 11.8 Å². The van der Waals surface area contributed by atoms with Crippen LogP contribution in [0.5, 0.6) is 0 Å². The van der Waals surface area contributed by atoms with Crippen LogP contribution in [-0.4, -0.2) is 53.3 Å². The van der Waals surface area contributed by atoms with Crippen LogP contribution in [0.2, 0.25) is 0 Å². The first kappa shape index (κ1) is 19.4. The number of aromatic nitrogens is 2. The molecule has 1 N–H and O–H groups in total. The molecule has 2 aromatic heterocycles. The lowest BCUT2D eigenvalue weighted by atomic mass is 10.2. The van der Waals surface area contributed by atoms with Crippen LogP contribution in [-0.2, 0) is 0 Å². The van der Waals surface area contributed by atoms with E-state index in [1.165, 1.54) is 0 Å². The smallest absolute Gasteiger partial charge is 0.290 e. The number of pyridine rings is 1. The number of nitrogens with zero attached hydrogens (tertiary/aromatic N) is 4. The molecule has 0 radical (unpaired) electrons. The Labute approximate surface area is 164 Å². The maximum Gasteiger partial charge on any atom is 0.290 e. The molecule has 0 aliphatic heterocycles. The Kier molecular flexibility index (Phi) is 5.63. The first-order valence-corrected chi connectivity index (χ1v) is 9.31. The highest BCUT2D eigenvalue weighted by molar-refractivity contribution is 6.09. The van der Waals surface area contributed by atoms with Gasteiger partial charge in [-0.2, -0.15) is 0 Å². The number of hydrogen-bond acceptors (Lipinski definition) is 4. The van der Waals surface area contributed by atoms with Crippen molar-refractivity contribution in [1.82, 2.24) is 14.3 Å². The number of carbonyl (C=O) groups is 2. The molecule has 2 heterocycles. The normalized spacial score (nSPS) is 10.7. The van der Waals surface area contributed by atoms with Crippen molar-refractivity contribution in [3.05, 3.63) is 60.2 Å². The van der Waals surface area contributed by atoms with Crippen LogP contribution in [0.25, 0.3) is 5.52 Å². The second kappa shape index (κ2) is 8.12. The van der Waals surface area contributed by atoms with Gasteiger partial charge in [0.05, 0.1) is 5.52 Å². The first-order valence-electron chi connectivity index (χ1n) is 9.31. The molecule has 0 aliphatic carbocycles. The van der Waals surface area contributed by atoms with Crippen molar-refractivity contribution >= 4 is 28.7 Å². The van der Waals surface area contributed by atoms with Crippen molar-refractivity contribution in [2.24, 2.45) is 0 Å². The third-order valence-electron chi connectivity index (χ3n) is 4.65. The van der Waals surface area contributed by atoms with E-state index in [2.05, 4.69) is 10.3 Å². The molecular weight excluding hydrogens is 354 g/mol. The molecular formula is C21H25N5O2.